The van der Waals surface area contributed by atoms with Crippen molar-refractivity contribution in [1.82, 2.24) is 14.9 Å². The first kappa shape index (κ1) is 23.5. The van der Waals surface area contributed by atoms with Gasteiger partial charge in [0.15, 0.2) is 11.6 Å². The molecule has 0 atom stereocenters. The quantitative estimate of drug-likeness (QED) is 0.488. The number of nitrogens with zero attached hydrogens (tertiary/aromatic N) is 4. The molecule has 178 valence electrons. The van der Waals surface area contributed by atoms with Gasteiger partial charge in [-0.3, -0.25) is 4.90 Å². The van der Waals surface area contributed by atoms with Crippen LogP contribution < -0.4 is 16.0 Å². The Morgan fingerprint density at radius 2 is 1.74 bits per heavy atom. The van der Waals surface area contributed by atoms with E-state index in [1.165, 1.54) is 11.9 Å². The maximum Gasteiger partial charge on any atom is 0.338 e. The van der Waals surface area contributed by atoms with Crippen LogP contribution in [0.5, 0.6) is 0 Å². The largest absolute Gasteiger partial charge is 0.462 e. The van der Waals surface area contributed by atoms with Crippen molar-refractivity contribution in [2.24, 2.45) is 5.92 Å². The first-order chi connectivity index (χ1) is 16.5. The zero-order valence-corrected chi connectivity index (χ0v) is 19.8. The number of benzene rings is 2. The maximum absolute atomic E-state index is 12.1. The van der Waals surface area contributed by atoms with Gasteiger partial charge in [0.2, 0.25) is 0 Å². The summed E-state index contributed by atoms with van der Waals surface area (Å²) >= 11 is 0. The van der Waals surface area contributed by atoms with E-state index in [0.717, 1.165) is 44.2 Å². The van der Waals surface area contributed by atoms with E-state index in [4.69, 9.17) is 10.5 Å². The van der Waals surface area contributed by atoms with Gasteiger partial charge in [-0.1, -0.05) is 44.2 Å². The van der Waals surface area contributed by atoms with E-state index in [0.29, 0.717) is 29.6 Å². The molecule has 0 amide bonds. The summed E-state index contributed by atoms with van der Waals surface area (Å²) in [6.45, 7) is 8.93. The van der Waals surface area contributed by atoms with Gasteiger partial charge in [0, 0.05) is 38.4 Å². The monoisotopic (exact) mass is 460 g/mol. The number of carbonyl (C=O) groups is 1. The van der Waals surface area contributed by atoms with Crippen molar-refractivity contribution in [3.63, 3.8) is 0 Å². The number of nitrogens with one attached hydrogen (secondary N) is 1. The molecule has 0 spiro atoms. The van der Waals surface area contributed by atoms with Gasteiger partial charge < -0.3 is 20.7 Å². The second-order valence-electron chi connectivity index (χ2n) is 8.90. The van der Waals surface area contributed by atoms with E-state index in [2.05, 4.69) is 49.4 Å². The highest BCUT2D eigenvalue weighted by atomic mass is 16.5. The van der Waals surface area contributed by atoms with Gasteiger partial charge in [-0.2, -0.15) is 0 Å². The number of carbonyl (C=O) groups excluding carboxylic acids is 1. The summed E-state index contributed by atoms with van der Waals surface area (Å²) in [7, 11) is 0. The molecular weight excluding hydrogens is 428 g/mol. The Labute approximate surface area is 200 Å². The smallest absolute Gasteiger partial charge is 0.338 e. The van der Waals surface area contributed by atoms with Crippen molar-refractivity contribution in [1.29, 1.82) is 0 Å². The van der Waals surface area contributed by atoms with Gasteiger partial charge in [0.25, 0.3) is 0 Å². The molecule has 3 aromatic rings. The predicted octanol–water partition coefficient (Wildman–Crippen LogP) is 3.94. The number of hydrogen-bond donors (Lipinski definition) is 2. The Balaban J connectivity index is 1.36. The van der Waals surface area contributed by atoms with Gasteiger partial charge >= 0.3 is 5.97 Å². The van der Waals surface area contributed by atoms with Crippen LogP contribution in [0.1, 0.15) is 29.8 Å². The molecule has 0 radical (unpaired) electrons. The van der Waals surface area contributed by atoms with E-state index in [1.54, 1.807) is 12.1 Å². The predicted molar refractivity (Wildman–Crippen MR) is 135 cm³/mol. The van der Waals surface area contributed by atoms with Crippen LogP contribution in [-0.4, -0.2) is 53.6 Å². The number of ether oxygens (including phenoxy) is 1. The summed E-state index contributed by atoms with van der Waals surface area (Å²) in [5.74, 6) is 1.26. The second-order valence-corrected chi connectivity index (χ2v) is 8.90. The Kier molecular flexibility index (Phi) is 7.59. The van der Waals surface area contributed by atoms with Gasteiger partial charge in [0.05, 0.1) is 12.2 Å². The first-order valence-electron chi connectivity index (χ1n) is 11.7. The molecular formula is C26H32N6O2. The van der Waals surface area contributed by atoms with E-state index in [-0.39, 0.29) is 5.97 Å². The summed E-state index contributed by atoms with van der Waals surface area (Å²) in [4.78, 5) is 25.6. The lowest BCUT2D eigenvalue weighted by Crippen LogP contribution is -2.46. The third kappa shape index (κ3) is 6.02. The number of aromatic nitrogens is 2. The average molecular weight is 461 g/mol. The van der Waals surface area contributed by atoms with E-state index >= 15 is 0 Å². The standard InChI is InChI=1S/C26H32N6O2/c1-19(2)17-34-26(33)21-8-10-22(11-9-21)30-24-23(27)25(29-18-28-24)32-14-12-31(13-15-32)16-20-6-4-3-5-7-20/h3-11,18-19H,12-17,27H2,1-2H3,(H,28,29,30). The Morgan fingerprint density at radius 1 is 1.03 bits per heavy atom. The summed E-state index contributed by atoms with van der Waals surface area (Å²) in [6.07, 6.45) is 1.53. The molecule has 0 unspecified atom stereocenters. The number of anilines is 4. The molecule has 0 saturated carbocycles. The van der Waals surface area contributed by atoms with Crippen molar-refractivity contribution < 1.29 is 9.53 Å². The lowest BCUT2D eigenvalue weighted by molar-refractivity contribution is 0.0459. The number of hydrogen-bond acceptors (Lipinski definition) is 8. The van der Waals surface area contributed by atoms with Crippen molar-refractivity contribution in [3.8, 4) is 0 Å². The molecule has 8 heteroatoms. The van der Waals surface area contributed by atoms with Crippen LogP contribution >= 0.6 is 0 Å². The number of rotatable bonds is 8. The lowest BCUT2D eigenvalue weighted by Gasteiger charge is -2.36. The number of nitrogen functional groups attached to an aromatic ring is 1. The minimum Gasteiger partial charge on any atom is -0.462 e. The zero-order chi connectivity index (χ0) is 23.9. The molecule has 3 N–H and O–H groups in total. The summed E-state index contributed by atoms with van der Waals surface area (Å²) < 4.78 is 5.28. The minimum absolute atomic E-state index is 0.298. The fourth-order valence-electron chi connectivity index (χ4n) is 3.85. The molecule has 0 bridgehead atoms. The number of nitrogens with two attached hydrogens (primary N) is 1. The first-order valence-corrected chi connectivity index (χ1v) is 11.7. The van der Waals surface area contributed by atoms with Gasteiger partial charge in [-0.05, 0) is 35.7 Å². The van der Waals surface area contributed by atoms with Crippen LogP contribution in [0.2, 0.25) is 0 Å². The molecule has 0 aliphatic carbocycles. The molecule has 8 nitrogen and oxygen atoms in total. The molecule has 2 aromatic carbocycles. The average Bonchev–Trinajstić information content (AvgIpc) is 2.85. The van der Waals surface area contributed by atoms with Crippen molar-refractivity contribution in [2.75, 3.05) is 48.7 Å². The Morgan fingerprint density at radius 3 is 2.41 bits per heavy atom. The molecule has 34 heavy (non-hydrogen) atoms. The zero-order valence-electron chi connectivity index (χ0n) is 19.8. The van der Waals surface area contributed by atoms with Crippen LogP contribution in [0.15, 0.2) is 60.9 Å². The van der Waals surface area contributed by atoms with Gasteiger partial charge in [-0.25, -0.2) is 14.8 Å². The van der Waals surface area contributed by atoms with E-state index in [1.807, 2.05) is 32.0 Å². The third-order valence-electron chi connectivity index (χ3n) is 5.71. The fourth-order valence-corrected chi connectivity index (χ4v) is 3.85. The maximum atomic E-state index is 12.1. The molecule has 2 heterocycles. The second kappa shape index (κ2) is 11.0. The third-order valence-corrected chi connectivity index (χ3v) is 5.71. The molecule has 1 fully saturated rings. The molecule has 1 saturated heterocycles. The van der Waals surface area contributed by atoms with Crippen LogP contribution in [0.3, 0.4) is 0 Å². The summed E-state index contributed by atoms with van der Waals surface area (Å²) in [5.41, 5.74) is 9.58. The van der Waals surface area contributed by atoms with Crippen LogP contribution in [0.4, 0.5) is 23.0 Å². The molecule has 1 aliphatic heterocycles. The summed E-state index contributed by atoms with van der Waals surface area (Å²) in [5, 5.41) is 3.24. The highest BCUT2D eigenvalue weighted by Gasteiger charge is 2.21. The highest BCUT2D eigenvalue weighted by Crippen LogP contribution is 2.29. The normalized spacial score (nSPS) is 14.3. The van der Waals surface area contributed by atoms with Crippen molar-refractivity contribution in [2.45, 2.75) is 20.4 Å². The topological polar surface area (TPSA) is 96.6 Å². The number of esters is 1. The highest BCUT2D eigenvalue weighted by molar-refractivity contribution is 5.90. The van der Waals surface area contributed by atoms with E-state index in [9.17, 15) is 4.79 Å². The van der Waals surface area contributed by atoms with Crippen LogP contribution in [-0.2, 0) is 11.3 Å². The van der Waals surface area contributed by atoms with Gasteiger partial charge in [0.1, 0.15) is 12.0 Å². The fraction of sp³-hybridized carbons (Fsp3) is 0.346. The SMILES string of the molecule is CC(C)COC(=O)c1ccc(Nc2ncnc(N3CCN(Cc4ccccc4)CC3)c2N)cc1. The van der Waals surface area contributed by atoms with Crippen molar-refractivity contribution in [3.05, 3.63) is 72.1 Å². The number of piperazine rings is 1. The van der Waals surface area contributed by atoms with Crippen LogP contribution in [0.25, 0.3) is 0 Å². The van der Waals surface area contributed by atoms with Crippen LogP contribution in [0, 0.1) is 5.92 Å². The summed E-state index contributed by atoms with van der Waals surface area (Å²) in [6, 6.07) is 17.6. The molecule has 4 rings (SSSR count). The Bertz CT molecular complexity index is 1080. The minimum atomic E-state index is -0.324. The molecule has 1 aliphatic rings. The van der Waals surface area contributed by atoms with E-state index < -0.39 is 0 Å². The van der Waals surface area contributed by atoms with Gasteiger partial charge in [-0.15, -0.1) is 0 Å². The molecule has 1 aromatic heterocycles. The van der Waals surface area contributed by atoms with Crippen molar-refractivity contribution >= 4 is 29.0 Å². The Hall–Kier alpha value is -3.65. The lowest BCUT2D eigenvalue weighted by atomic mass is 10.2.